The number of Topliss-reactive ketones (excluding diaryl/α,β-unsaturated/α-hetero) is 1. The van der Waals surface area contributed by atoms with Crippen molar-refractivity contribution in [3.63, 3.8) is 0 Å². The van der Waals surface area contributed by atoms with Gasteiger partial charge in [0.25, 0.3) is 0 Å². The molecule has 5 aliphatic rings. The van der Waals surface area contributed by atoms with Gasteiger partial charge in [0.2, 0.25) is 0 Å². The molecule has 6 rings (SSSR count). The number of amides is 1. The Morgan fingerprint density at radius 1 is 0.933 bits per heavy atom. The number of aliphatic hydroxyl groups excluding tert-OH is 2. The average molecular weight is 842 g/mol. The molecule has 1 unspecified atom stereocenters. The van der Waals surface area contributed by atoms with E-state index in [9.17, 15) is 39.3 Å². The number of aliphatic hydroxyl groups is 3. The number of hydrogen-bond acceptors (Lipinski definition) is 15. The standard InChI is InChI=1S/C44H59NO15/c1-21-26(57-37(52)31(49)30(25-18-40(25,7)8)45-38(53)60-39(4,5)6)19-44(54)35(58-36(51)24-15-13-12-14-16-24)33-42(11,27(48)17-28-43(33,20-55-28)59-23(3)47)34(50)32(56-22(2)46)29(21)41(44,9)10/h12-16,25-28,30-33,35,48-49,54H,17-20H2,1-11H3,(H,45,53)/t25-,26+,27+,28-,30+,31-,32-,33?,35+,42-,43+,44-/m1/s1. The van der Waals surface area contributed by atoms with Crippen molar-refractivity contribution >= 4 is 35.8 Å². The normalized spacial score (nSPS) is 36.0. The number of rotatable bonds is 9. The summed E-state index contributed by atoms with van der Waals surface area (Å²) in [6.07, 6.45) is -10.6. The van der Waals surface area contributed by atoms with Gasteiger partial charge in [0.1, 0.15) is 29.5 Å². The zero-order valence-corrected chi connectivity index (χ0v) is 36.2. The number of esters is 4. The number of carbonyl (C=O) groups excluding carboxylic acids is 6. The maximum Gasteiger partial charge on any atom is 0.407 e. The van der Waals surface area contributed by atoms with Crippen molar-refractivity contribution in [3.8, 4) is 0 Å². The van der Waals surface area contributed by atoms with Crippen molar-refractivity contribution < 1.29 is 72.5 Å². The fourth-order valence-corrected chi connectivity index (χ4v) is 10.3. The molecule has 16 nitrogen and oxygen atoms in total. The van der Waals surface area contributed by atoms with Crippen LogP contribution in [0.3, 0.4) is 0 Å². The highest BCUT2D eigenvalue weighted by Crippen LogP contribution is 2.64. The van der Waals surface area contributed by atoms with Crippen LogP contribution in [0.2, 0.25) is 0 Å². The molecule has 4 fully saturated rings. The molecule has 1 aliphatic heterocycles. The molecule has 1 heterocycles. The Hall–Kier alpha value is -4.38. The fraction of sp³-hybridized carbons (Fsp3) is 0.682. The quantitative estimate of drug-likeness (QED) is 0.158. The lowest BCUT2D eigenvalue weighted by Crippen LogP contribution is -2.82. The Morgan fingerprint density at radius 3 is 2.07 bits per heavy atom. The summed E-state index contributed by atoms with van der Waals surface area (Å²) in [5.41, 5.74) is -8.79. The van der Waals surface area contributed by atoms with E-state index in [-0.39, 0.29) is 41.1 Å². The summed E-state index contributed by atoms with van der Waals surface area (Å²) in [4.78, 5) is 82.7. The number of alkyl carbamates (subject to hydrolysis) is 1. The summed E-state index contributed by atoms with van der Waals surface area (Å²) in [7, 11) is 0. The van der Waals surface area contributed by atoms with Gasteiger partial charge in [-0.3, -0.25) is 14.4 Å². The number of ether oxygens (including phenoxy) is 6. The van der Waals surface area contributed by atoms with Crippen molar-refractivity contribution in [2.75, 3.05) is 6.61 Å². The highest BCUT2D eigenvalue weighted by atomic mass is 16.6. The number of ketones is 1. The molecule has 4 aliphatic carbocycles. The van der Waals surface area contributed by atoms with E-state index < -0.39 is 118 Å². The summed E-state index contributed by atoms with van der Waals surface area (Å²) in [5, 5.41) is 40.0. The van der Waals surface area contributed by atoms with Crippen LogP contribution in [0.4, 0.5) is 4.79 Å². The molecule has 16 heteroatoms. The van der Waals surface area contributed by atoms with Crippen LogP contribution in [0.15, 0.2) is 41.5 Å². The van der Waals surface area contributed by atoms with E-state index in [1.165, 1.54) is 26.0 Å². The Labute approximate surface area is 349 Å². The van der Waals surface area contributed by atoms with Crippen molar-refractivity contribution in [2.24, 2.45) is 28.1 Å². The SMILES string of the molecule is CC(=O)O[C@H]1C(=O)[C@@]2(C)C([C@H](OC(=O)c3ccccc3)[C@]3(O)C[C@H](OC(=O)[C@H](O)[C@@H](NC(=O)OC(C)(C)C)[C@H]4CC4(C)C)C(C)=C1C3(C)C)[C@]1(OC(C)=O)CO[C@@H]1C[C@@H]2O. The minimum absolute atomic E-state index is 0.0108. The first kappa shape index (κ1) is 45.2. The van der Waals surface area contributed by atoms with Gasteiger partial charge in [0.05, 0.1) is 35.6 Å². The lowest BCUT2D eigenvalue weighted by molar-refractivity contribution is -0.346. The second-order valence-electron chi connectivity index (χ2n) is 19.6. The third-order valence-electron chi connectivity index (χ3n) is 13.7. The first-order chi connectivity index (χ1) is 27.6. The van der Waals surface area contributed by atoms with Gasteiger partial charge in [0.15, 0.2) is 23.6 Å². The Balaban J connectivity index is 1.53. The van der Waals surface area contributed by atoms with Gasteiger partial charge in [-0.15, -0.1) is 0 Å². The molecule has 3 saturated carbocycles. The summed E-state index contributed by atoms with van der Waals surface area (Å²) in [6.45, 7) is 16.8. The molecule has 1 aromatic rings. The topological polar surface area (TPSA) is 231 Å². The summed E-state index contributed by atoms with van der Waals surface area (Å²) in [6, 6.07) is 6.71. The number of fused-ring (bicyclic) bond motifs is 5. The molecule has 4 N–H and O–H groups in total. The summed E-state index contributed by atoms with van der Waals surface area (Å²) >= 11 is 0. The van der Waals surface area contributed by atoms with E-state index in [2.05, 4.69) is 5.32 Å². The van der Waals surface area contributed by atoms with Crippen LogP contribution < -0.4 is 5.32 Å². The van der Waals surface area contributed by atoms with Crippen LogP contribution in [0.5, 0.6) is 0 Å². The zero-order valence-electron chi connectivity index (χ0n) is 36.2. The monoisotopic (exact) mass is 841 g/mol. The molecular weight excluding hydrogens is 782 g/mol. The number of carbonyl (C=O) groups is 6. The number of nitrogens with one attached hydrogen (secondary N) is 1. The summed E-state index contributed by atoms with van der Waals surface area (Å²) in [5.74, 6) is -6.51. The van der Waals surface area contributed by atoms with E-state index in [4.69, 9.17) is 28.4 Å². The molecule has 1 aromatic carbocycles. The lowest BCUT2D eigenvalue weighted by atomic mass is 9.44. The minimum atomic E-state index is -2.37. The van der Waals surface area contributed by atoms with Gasteiger partial charge in [-0.25, -0.2) is 14.4 Å². The first-order valence-corrected chi connectivity index (χ1v) is 20.4. The molecule has 60 heavy (non-hydrogen) atoms. The second-order valence-corrected chi connectivity index (χ2v) is 19.6. The van der Waals surface area contributed by atoms with Gasteiger partial charge in [0, 0.05) is 32.1 Å². The summed E-state index contributed by atoms with van der Waals surface area (Å²) < 4.78 is 35.6. The van der Waals surface area contributed by atoms with Crippen LogP contribution in [-0.2, 0) is 47.6 Å². The predicted molar refractivity (Wildman–Crippen MR) is 210 cm³/mol. The molecule has 330 valence electrons. The van der Waals surface area contributed by atoms with Crippen LogP contribution in [0, 0.1) is 28.1 Å². The Morgan fingerprint density at radius 2 is 1.55 bits per heavy atom. The molecule has 0 radical (unpaired) electrons. The molecule has 1 amide bonds. The van der Waals surface area contributed by atoms with E-state index >= 15 is 4.79 Å². The van der Waals surface area contributed by atoms with Gasteiger partial charge in [-0.1, -0.05) is 45.9 Å². The molecule has 1 saturated heterocycles. The first-order valence-electron chi connectivity index (χ1n) is 20.4. The Kier molecular flexibility index (Phi) is 11.4. The molecular formula is C44H59NO15. The molecule has 2 bridgehead atoms. The third kappa shape index (κ3) is 7.51. The average Bonchev–Trinajstić information content (AvgIpc) is 3.77. The highest BCUT2D eigenvalue weighted by Gasteiger charge is 2.78. The van der Waals surface area contributed by atoms with Crippen molar-refractivity contribution in [1.82, 2.24) is 5.32 Å². The fourth-order valence-electron chi connectivity index (χ4n) is 10.3. The smallest absolute Gasteiger partial charge is 0.407 e. The maximum atomic E-state index is 15.4. The number of hydrogen-bond donors (Lipinski definition) is 4. The second kappa shape index (κ2) is 15.2. The van der Waals surface area contributed by atoms with Crippen molar-refractivity contribution in [1.29, 1.82) is 0 Å². The molecule has 12 atom stereocenters. The lowest BCUT2D eigenvalue weighted by Gasteiger charge is -2.67. The van der Waals surface area contributed by atoms with Crippen LogP contribution in [0.25, 0.3) is 0 Å². The van der Waals surface area contributed by atoms with Crippen molar-refractivity contribution in [2.45, 2.75) is 155 Å². The minimum Gasteiger partial charge on any atom is -0.456 e. The maximum absolute atomic E-state index is 15.4. The highest BCUT2D eigenvalue weighted by molar-refractivity contribution is 5.95. The van der Waals surface area contributed by atoms with Gasteiger partial charge in [-0.2, -0.15) is 0 Å². The van der Waals surface area contributed by atoms with Gasteiger partial charge in [-0.05, 0) is 75.7 Å². The predicted octanol–water partition coefficient (Wildman–Crippen LogP) is 3.50. The van der Waals surface area contributed by atoms with Crippen LogP contribution >= 0.6 is 0 Å². The largest absolute Gasteiger partial charge is 0.456 e. The van der Waals surface area contributed by atoms with Gasteiger partial charge >= 0.3 is 30.0 Å². The van der Waals surface area contributed by atoms with E-state index in [1.807, 2.05) is 13.8 Å². The van der Waals surface area contributed by atoms with E-state index in [0.29, 0.717) is 6.42 Å². The van der Waals surface area contributed by atoms with Crippen molar-refractivity contribution in [3.05, 3.63) is 47.0 Å². The molecule has 0 spiro atoms. The van der Waals surface area contributed by atoms with E-state index in [1.54, 1.807) is 52.8 Å². The van der Waals surface area contributed by atoms with E-state index in [0.717, 1.165) is 13.8 Å². The number of benzene rings is 1. The molecule has 0 aromatic heterocycles. The Bertz CT molecular complexity index is 1970. The zero-order chi connectivity index (χ0) is 44.7. The van der Waals surface area contributed by atoms with Gasteiger partial charge < -0.3 is 49.1 Å². The van der Waals surface area contributed by atoms with Crippen LogP contribution in [-0.4, -0.2) is 117 Å². The third-order valence-corrected chi connectivity index (χ3v) is 13.7. The van der Waals surface area contributed by atoms with Crippen LogP contribution in [0.1, 0.15) is 106 Å².